The predicted molar refractivity (Wildman–Crippen MR) is 70.9 cm³/mol. The number of carbonyl (C=O) groups excluding carboxylic acids is 2. The fraction of sp³-hybridized carbons (Fsp3) is 0.818. The average Bonchev–Trinajstić information content (AvgIpc) is 2.36. The van der Waals surface area contributed by atoms with Gasteiger partial charge >= 0.3 is 0 Å². The zero-order chi connectivity index (χ0) is 14.5. The molecule has 0 bridgehead atoms. The number of amides is 2. The molecule has 1 heterocycles. The van der Waals surface area contributed by atoms with Gasteiger partial charge in [0.05, 0.1) is 12.3 Å². The minimum Gasteiger partial charge on any atom is -0.339 e. The molecule has 0 atom stereocenters. The summed E-state index contributed by atoms with van der Waals surface area (Å²) in [6.07, 6.45) is 0.515. The first-order valence-electron chi connectivity index (χ1n) is 6.36. The molecule has 19 heavy (non-hydrogen) atoms. The highest BCUT2D eigenvalue weighted by Crippen LogP contribution is 2.02. The van der Waals surface area contributed by atoms with Crippen LogP contribution in [-0.4, -0.2) is 68.5 Å². The second kappa shape index (κ2) is 6.85. The molecule has 0 aromatic heterocycles. The maximum absolute atomic E-state index is 11.8. The van der Waals surface area contributed by atoms with Gasteiger partial charge in [0, 0.05) is 33.1 Å². The van der Waals surface area contributed by atoms with Crippen LogP contribution in [0.3, 0.4) is 0 Å². The minimum absolute atomic E-state index is 0.00394. The molecule has 1 rings (SSSR count). The summed E-state index contributed by atoms with van der Waals surface area (Å²) in [5.41, 5.74) is 0. The van der Waals surface area contributed by atoms with Gasteiger partial charge in [0.1, 0.15) is 0 Å². The normalized spacial score (nSPS) is 16.5. The lowest BCUT2D eigenvalue weighted by Crippen LogP contribution is -2.52. The van der Waals surface area contributed by atoms with Gasteiger partial charge < -0.3 is 9.80 Å². The second-order valence-corrected chi connectivity index (χ2v) is 6.45. The Morgan fingerprint density at radius 1 is 1.11 bits per heavy atom. The van der Waals surface area contributed by atoms with Crippen molar-refractivity contribution in [2.75, 3.05) is 38.5 Å². The van der Waals surface area contributed by atoms with Gasteiger partial charge in [0.2, 0.25) is 21.8 Å². The Kier molecular flexibility index (Phi) is 5.74. The van der Waals surface area contributed by atoms with Crippen molar-refractivity contribution >= 4 is 21.8 Å². The van der Waals surface area contributed by atoms with Crippen LogP contribution in [0, 0.1) is 0 Å². The Bertz CT molecular complexity index is 427. The quantitative estimate of drug-likeness (QED) is 0.704. The SMILES string of the molecule is CCCS(=O)(=O)NCC(=O)N1CCN(C(C)=O)CC1. The van der Waals surface area contributed by atoms with Gasteiger partial charge in [0.15, 0.2) is 0 Å². The minimum atomic E-state index is -3.35. The summed E-state index contributed by atoms with van der Waals surface area (Å²) in [5, 5.41) is 0. The lowest BCUT2D eigenvalue weighted by Gasteiger charge is -2.34. The smallest absolute Gasteiger partial charge is 0.237 e. The summed E-state index contributed by atoms with van der Waals surface area (Å²) in [7, 11) is -3.35. The van der Waals surface area contributed by atoms with Gasteiger partial charge in [-0.25, -0.2) is 13.1 Å². The number of nitrogens with zero attached hydrogens (tertiary/aromatic N) is 2. The second-order valence-electron chi connectivity index (χ2n) is 4.53. The number of carbonyl (C=O) groups is 2. The summed E-state index contributed by atoms with van der Waals surface area (Å²) in [4.78, 5) is 26.2. The van der Waals surface area contributed by atoms with Crippen LogP contribution >= 0.6 is 0 Å². The van der Waals surface area contributed by atoms with E-state index in [1.807, 2.05) is 0 Å². The molecule has 0 unspecified atom stereocenters. The molecule has 0 aromatic carbocycles. The fourth-order valence-electron chi connectivity index (χ4n) is 1.90. The van der Waals surface area contributed by atoms with Gasteiger partial charge in [-0.1, -0.05) is 6.92 Å². The Hall–Kier alpha value is -1.15. The monoisotopic (exact) mass is 291 g/mol. The van der Waals surface area contributed by atoms with Crippen molar-refractivity contribution in [2.24, 2.45) is 0 Å². The first-order chi connectivity index (χ1) is 8.85. The number of sulfonamides is 1. The maximum Gasteiger partial charge on any atom is 0.237 e. The standard InChI is InChI=1S/C11H21N3O4S/c1-3-8-19(17,18)12-9-11(16)14-6-4-13(5-7-14)10(2)15/h12H,3-9H2,1-2H3. The van der Waals surface area contributed by atoms with E-state index in [1.165, 1.54) is 6.92 Å². The van der Waals surface area contributed by atoms with Crippen LogP contribution < -0.4 is 4.72 Å². The van der Waals surface area contributed by atoms with E-state index in [-0.39, 0.29) is 24.1 Å². The number of piperazine rings is 1. The fourth-order valence-corrected chi connectivity index (χ4v) is 2.92. The van der Waals surface area contributed by atoms with Crippen LogP contribution in [0.1, 0.15) is 20.3 Å². The van der Waals surface area contributed by atoms with E-state index >= 15 is 0 Å². The van der Waals surface area contributed by atoms with E-state index in [0.29, 0.717) is 32.6 Å². The molecule has 1 fully saturated rings. The number of hydrogen-bond acceptors (Lipinski definition) is 4. The molecule has 0 spiro atoms. The molecular formula is C11H21N3O4S. The molecular weight excluding hydrogens is 270 g/mol. The van der Waals surface area contributed by atoms with Gasteiger partial charge in [0.25, 0.3) is 0 Å². The summed E-state index contributed by atoms with van der Waals surface area (Å²) >= 11 is 0. The average molecular weight is 291 g/mol. The highest BCUT2D eigenvalue weighted by atomic mass is 32.2. The third-order valence-corrected chi connectivity index (χ3v) is 4.52. The van der Waals surface area contributed by atoms with Crippen LogP contribution in [0.5, 0.6) is 0 Å². The van der Waals surface area contributed by atoms with Crippen molar-refractivity contribution in [3.63, 3.8) is 0 Å². The Balaban J connectivity index is 2.38. The van der Waals surface area contributed by atoms with Crippen LogP contribution in [0.25, 0.3) is 0 Å². The molecule has 7 nitrogen and oxygen atoms in total. The Morgan fingerprint density at radius 3 is 2.11 bits per heavy atom. The van der Waals surface area contributed by atoms with Gasteiger partial charge in [-0.2, -0.15) is 0 Å². The van der Waals surface area contributed by atoms with E-state index in [1.54, 1.807) is 16.7 Å². The summed E-state index contributed by atoms with van der Waals surface area (Å²) in [6, 6.07) is 0. The highest BCUT2D eigenvalue weighted by molar-refractivity contribution is 7.89. The topological polar surface area (TPSA) is 86.8 Å². The van der Waals surface area contributed by atoms with Crippen molar-refractivity contribution in [1.29, 1.82) is 0 Å². The highest BCUT2D eigenvalue weighted by Gasteiger charge is 2.23. The zero-order valence-corrected chi connectivity index (χ0v) is 12.2. The molecule has 1 saturated heterocycles. The van der Waals surface area contributed by atoms with Gasteiger partial charge in [-0.15, -0.1) is 0 Å². The molecule has 110 valence electrons. The summed E-state index contributed by atoms with van der Waals surface area (Å²) in [5.74, 6) is -0.225. The molecule has 1 N–H and O–H groups in total. The molecule has 0 aliphatic carbocycles. The third kappa shape index (κ3) is 5.15. The molecule has 1 aliphatic rings. The number of hydrogen-bond donors (Lipinski definition) is 1. The number of rotatable bonds is 5. The zero-order valence-electron chi connectivity index (χ0n) is 11.4. The van der Waals surface area contributed by atoms with Crippen molar-refractivity contribution in [3.8, 4) is 0 Å². The summed E-state index contributed by atoms with van der Waals surface area (Å²) < 4.78 is 25.1. The van der Waals surface area contributed by atoms with E-state index in [2.05, 4.69) is 4.72 Å². The van der Waals surface area contributed by atoms with Crippen molar-refractivity contribution in [3.05, 3.63) is 0 Å². The van der Waals surface area contributed by atoms with E-state index in [0.717, 1.165) is 0 Å². The van der Waals surface area contributed by atoms with Crippen LogP contribution in [-0.2, 0) is 19.6 Å². The van der Waals surface area contributed by atoms with E-state index in [4.69, 9.17) is 0 Å². The third-order valence-electron chi connectivity index (χ3n) is 2.99. The lowest BCUT2D eigenvalue weighted by molar-refractivity contribution is -0.137. The van der Waals surface area contributed by atoms with Crippen molar-refractivity contribution < 1.29 is 18.0 Å². The first-order valence-corrected chi connectivity index (χ1v) is 8.01. The van der Waals surface area contributed by atoms with Gasteiger partial charge in [-0.3, -0.25) is 9.59 Å². The molecule has 0 saturated carbocycles. The molecule has 1 aliphatic heterocycles. The Morgan fingerprint density at radius 2 is 1.63 bits per heavy atom. The van der Waals surface area contributed by atoms with Crippen LogP contribution in [0.4, 0.5) is 0 Å². The summed E-state index contributed by atoms with van der Waals surface area (Å²) in [6.45, 7) is 4.97. The van der Waals surface area contributed by atoms with Crippen LogP contribution in [0.2, 0.25) is 0 Å². The van der Waals surface area contributed by atoms with Crippen molar-refractivity contribution in [2.45, 2.75) is 20.3 Å². The first kappa shape index (κ1) is 15.9. The molecule has 0 radical (unpaired) electrons. The molecule has 0 aromatic rings. The lowest BCUT2D eigenvalue weighted by atomic mass is 10.3. The van der Waals surface area contributed by atoms with E-state index < -0.39 is 10.0 Å². The van der Waals surface area contributed by atoms with Crippen molar-refractivity contribution in [1.82, 2.24) is 14.5 Å². The van der Waals surface area contributed by atoms with Crippen LogP contribution in [0.15, 0.2) is 0 Å². The largest absolute Gasteiger partial charge is 0.339 e. The van der Waals surface area contributed by atoms with Gasteiger partial charge in [-0.05, 0) is 6.42 Å². The number of nitrogens with one attached hydrogen (secondary N) is 1. The predicted octanol–water partition coefficient (Wildman–Crippen LogP) is -0.993. The molecule has 8 heteroatoms. The van der Waals surface area contributed by atoms with E-state index in [9.17, 15) is 18.0 Å². The molecule has 2 amide bonds. The Labute approximate surface area is 114 Å². The maximum atomic E-state index is 11.8.